The minimum absolute atomic E-state index is 0.0152. The number of rotatable bonds is 9. The van der Waals surface area contributed by atoms with E-state index in [9.17, 15) is 18.0 Å². The maximum atomic E-state index is 13.1. The topological polar surface area (TPSA) is 85.7 Å². The maximum absolute atomic E-state index is 13.1. The number of ether oxygens (including phenoxy) is 1. The van der Waals surface area contributed by atoms with Crippen molar-refractivity contribution in [2.24, 2.45) is 7.05 Å². The molecule has 0 aliphatic rings. The van der Waals surface area contributed by atoms with Gasteiger partial charge in [-0.1, -0.05) is 24.3 Å². The zero-order chi connectivity index (χ0) is 21.8. The molecule has 8 heteroatoms. The Bertz CT molecular complexity index is 1020. The summed E-state index contributed by atoms with van der Waals surface area (Å²) >= 11 is 0. The summed E-state index contributed by atoms with van der Waals surface area (Å²) in [6.07, 6.45) is 1.43. The summed E-state index contributed by atoms with van der Waals surface area (Å²) in [4.78, 5) is 25.5. The summed E-state index contributed by atoms with van der Waals surface area (Å²) in [5, 5.41) is 0. The second-order valence-electron chi connectivity index (χ2n) is 6.54. The molecular weight excluding hydrogens is 392 g/mol. The van der Waals surface area contributed by atoms with E-state index in [0.29, 0.717) is 16.8 Å². The lowest BCUT2D eigenvalue weighted by atomic mass is 10.1. The number of nitrogens with zero attached hydrogens (tertiary/aromatic N) is 2. The van der Waals surface area contributed by atoms with Gasteiger partial charge in [-0.15, -0.1) is 6.58 Å². The van der Waals surface area contributed by atoms with Gasteiger partial charge in [0.15, 0.2) is 5.78 Å². The molecule has 1 aromatic heterocycles. The number of benzene rings is 1. The summed E-state index contributed by atoms with van der Waals surface area (Å²) in [7, 11) is -2.20. The minimum atomic E-state index is -3.88. The van der Waals surface area contributed by atoms with Crippen molar-refractivity contribution >= 4 is 21.8 Å². The predicted octanol–water partition coefficient (Wildman–Crippen LogP) is 2.88. The van der Waals surface area contributed by atoms with E-state index in [4.69, 9.17) is 4.74 Å². The Morgan fingerprint density at radius 3 is 2.38 bits per heavy atom. The fourth-order valence-corrected chi connectivity index (χ4v) is 4.64. The third-order valence-corrected chi connectivity index (χ3v) is 6.54. The van der Waals surface area contributed by atoms with Crippen LogP contribution in [0.4, 0.5) is 0 Å². The Morgan fingerprint density at radius 2 is 1.83 bits per heavy atom. The number of carbonyl (C=O) groups excluding carboxylic acids is 2. The average Bonchev–Trinajstić information content (AvgIpc) is 2.91. The van der Waals surface area contributed by atoms with Crippen LogP contribution in [0.25, 0.3) is 0 Å². The Balaban J connectivity index is 2.43. The first kappa shape index (κ1) is 22.6. The smallest absolute Gasteiger partial charge is 0.355 e. The molecule has 29 heavy (non-hydrogen) atoms. The Labute approximate surface area is 171 Å². The number of carbonyl (C=O) groups is 2. The molecule has 7 nitrogen and oxygen atoms in total. The number of hydrogen-bond acceptors (Lipinski definition) is 5. The van der Waals surface area contributed by atoms with E-state index in [0.717, 1.165) is 4.31 Å². The van der Waals surface area contributed by atoms with Gasteiger partial charge in [0.05, 0.1) is 18.0 Å². The number of hydrogen-bond donors (Lipinski definition) is 0. The van der Waals surface area contributed by atoms with E-state index >= 15 is 0 Å². The summed E-state index contributed by atoms with van der Waals surface area (Å²) in [6, 6.07) is 7.92. The molecule has 0 amide bonds. The van der Waals surface area contributed by atoms with Crippen LogP contribution in [0.1, 0.15) is 39.0 Å². The molecule has 0 aliphatic carbocycles. The summed E-state index contributed by atoms with van der Waals surface area (Å²) < 4.78 is 33.7. The highest BCUT2D eigenvalue weighted by Gasteiger charge is 2.30. The van der Waals surface area contributed by atoms with Gasteiger partial charge in [0, 0.05) is 24.8 Å². The van der Waals surface area contributed by atoms with Gasteiger partial charge in [-0.05, 0) is 38.5 Å². The lowest BCUT2D eigenvalue weighted by Gasteiger charge is -2.20. The standard InChI is InChI=1S/C21H26N2O5S/c1-6-13-23(29(26,27)17-11-9-8-10-12-17)14-18(24)19-15(3)20(21(25)28-7-2)22(5)16(19)4/h6,8-12H,1,7,13-14H2,2-5H3. The van der Waals surface area contributed by atoms with E-state index in [2.05, 4.69) is 6.58 Å². The zero-order valence-corrected chi connectivity index (χ0v) is 18.0. The molecule has 0 spiro atoms. The normalized spacial score (nSPS) is 11.5. The fourth-order valence-electron chi connectivity index (χ4n) is 3.25. The molecule has 1 heterocycles. The zero-order valence-electron chi connectivity index (χ0n) is 17.1. The summed E-state index contributed by atoms with van der Waals surface area (Å²) in [6.45, 7) is 8.52. The SMILES string of the molecule is C=CCN(CC(=O)c1c(C)c(C(=O)OCC)n(C)c1C)S(=O)(=O)c1ccccc1. The van der Waals surface area contributed by atoms with Crippen molar-refractivity contribution in [1.29, 1.82) is 0 Å². The lowest BCUT2D eigenvalue weighted by Crippen LogP contribution is -2.36. The average molecular weight is 419 g/mol. The first-order chi connectivity index (χ1) is 13.7. The molecule has 156 valence electrons. The number of Topliss-reactive ketones (excluding diaryl/α,β-unsaturated/α-hetero) is 1. The number of aromatic nitrogens is 1. The van der Waals surface area contributed by atoms with Crippen LogP contribution < -0.4 is 0 Å². The van der Waals surface area contributed by atoms with Crippen LogP contribution in [-0.2, 0) is 21.8 Å². The van der Waals surface area contributed by atoms with Crippen LogP contribution in [0, 0.1) is 13.8 Å². The Morgan fingerprint density at radius 1 is 1.21 bits per heavy atom. The molecule has 2 rings (SSSR count). The molecule has 0 saturated heterocycles. The van der Waals surface area contributed by atoms with E-state index in [1.807, 2.05) is 0 Å². The van der Waals surface area contributed by atoms with Crippen LogP contribution in [-0.4, -0.2) is 48.7 Å². The second-order valence-corrected chi connectivity index (χ2v) is 8.47. The number of sulfonamides is 1. The van der Waals surface area contributed by atoms with Crippen molar-refractivity contribution in [3.63, 3.8) is 0 Å². The highest BCUT2D eigenvalue weighted by atomic mass is 32.2. The molecule has 0 saturated carbocycles. The first-order valence-electron chi connectivity index (χ1n) is 9.19. The third kappa shape index (κ3) is 4.49. The van der Waals surface area contributed by atoms with E-state index in [-0.39, 0.29) is 30.3 Å². The highest BCUT2D eigenvalue weighted by molar-refractivity contribution is 7.89. The van der Waals surface area contributed by atoms with Gasteiger partial charge >= 0.3 is 5.97 Å². The van der Waals surface area contributed by atoms with Crippen molar-refractivity contribution < 1.29 is 22.7 Å². The Kier molecular flexibility index (Phi) is 7.16. The van der Waals surface area contributed by atoms with Crippen LogP contribution >= 0.6 is 0 Å². The van der Waals surface area contributed by atoms with E-state index in [1.165, 1.54) is 18.2 Å². The maximum Gasteiger partial charge on any atom is 0.355 e. The van der Waals surface area contributed by atoms with Crippen LogP contribution in [0.15, 0.2) is 47.9 Å². The summed E-state index contributed by atoms with van der Waals surface area (Å²) in [5.74, 6) is -0.915. The van der Waals surface area contributed by atoms with Gasteiger partial charge in [-0.3, -0.25) is 4.79 Å². The van der Waals surface area contributed by atoms with Crippen molar-refractivity contribution in [1.82, 2.24) is 8.87 Å². The molecule has 1 aromatic carbocycles. The Hall–Kier alpha value is -2.71. The van der Waals surface area contributed by atoms with Gasteiger partial charge < -0.3 is 9.30 Å². The van der Waals surface area contributed by atoms with Crippen molar-refractivity contribution in [3.05, 3.63) is 65.5 Å². The lowest BCUT2D eigenvalue weighted by molar-refractivity contribution is 0.0514. The monoisotopic (exact) mass is 418 g/mol. The molecule has 0 aliphatic heterocycles. The van der Waals surface area contributed by atoms with Gasteiger partial charge in [0.25, 0.3) is 0 Å². The van der Waals surface area contributed by atoms with Crippen molar-refractivity contribution in [2.45, 2.75) is 25.7 Å². The molecule has 0 N–H and O–H groups in total. The fraction of sp³-hybridized carbons (Fsp3) is 0.333. The molecule has 0 unspecified atom stereocenters. The van der Waals surface area contributed by atoms with Crippen LogP contribution in [0.3, 0.4) is 0 Å². The third-order valence-electron chi connectivity index (χ3n) is 4.71. The van der Waals surface area contributed by atoms with Crippen molar-refractivity contribution in [2.75, 3.05) is 19.7 Å². The minimum Gasteiger partial charge on any atom is -0.461 e. The largest absolute Gasteiger partial charge is 0.461 e. The van der Waals surface area contributed by atoms with Gasteiger partial charge in [-0.25, -0.2) is 13.2 Å². The molecule has 0 bridgehead atoms. The first-order valence-corrected chi connectivity index (χ1v) is 10.6. The van der Waals surface area contributed by atoms with Crippen molar-refractivity contribution in [3.8, 4) is 0 Å². The molecule has 0 radical (unpaired) electrons. The second kappa shape index (κ2) is 9.19. The van der Waals surface area contributed by atoms with E-state index < -0.39 is 21.8 Å². The number of ketones is 1. The van der Waals surface area contributed by atoms with E-state index in [1.54, 1.807) is 50.6 Å². The molecular formula is C21H26N2O5S. The predicted molar refractivity (Wildman–Crippen MR) is 111 cm³/mol. The van der Waals surface area contributed by atoms with Gasteiger partial charge in [0.1, 0.15) is 5.69 Å². The van der Waals surface area contributed by atoms with Crippen LogP contribution in [0.5, 0.6) is 0 Å². The quantitative estimate of drug-likeness (QED) is 0.355. The molecule has 0 atom stereocenters. The number of esters is 1. The van der Waals surface area contributed by atoms with Gasteiger partial charge in [-0.2, -0.15) is 4.31 Å². The van der Waals surface area contributed by atoms with Crippen LogP contribution in [0.2, 0.25) is 0 Å². The van der Waals surface area contributed by atoms with Gasteiger partial charge in [0.2, 0.25) is 10.0 Å². The molecule has 0 fully saturated rings. The highest BCUT2D eigenvalue weighted by Crippen LogP contribution is 2.24. The molecule has 2 aromatic rings. The summed E-state index contributed by atoms with van der Waals surface area (Å²) in [5.41, 5.74) is 1.66.